The Kier molecular flexibility index (Phi) is 5.73. The predicted molar refractivity (Wildman–Crippen MR) is 120 cm³/mol. The van der Waals surface area contributed by atoms with Crippen molar-refractivity contribution in [3.8, 4) is 0 Å². The Morgan fingerprint density at radius 2 is 1.84 bits per heavy atom. The largest absolute Gasteiger partial charge is 0.422 e. The van der Waals surface area contributed by atoms with Gasteiger partial charge in [0, 0.05) is 11.1 Å². The summed E-state index contributed by atoms with van der Waals surface area (Å²) >= 11 is 0.682. The van der Waals surface area contributed by atoms with Gasteiger partial charge in [-0.25, -0.2) is 4.79 Å². The molecule has 3 aromatic rings. The normalized spacial score (nSPS) is 15.1. The van der Waals surface area contributed by atoms with Crippen LogP contribution in [0.15, 0.2) is 68.7 Å². The lowest BCUT2D eigenvalue weighted by Crippen LogP contribution is -2.36. The summed E-state index contributed by atoms with van der Waals surface area (Å²) in [6, 6.07) is 15.9. The fraction of sp³-hybridized carbons (Fsp3) is 0.130. The van der Waals surface area contributed by atoms with Gasteiger partial charge in [-0.15, -0.1) is 0 Å². The van der Waals surface area contributed by atoms with Crippen LogP contribution in [0.3, 0.4) is 0 Å². The molecule has 31 heavy (non-hydrogen) atoms. The molecule has 2 aromatic carbocycles. The van der Waals surface area contributed by atoms with Crippen molar-refractivity contribution in [2.45, 2.75) is 13.3 Å². The summed E-state index contributed by atoms with van der Waals surface area (Å²) in [4.78, 5) is 50.4. The summed E-state index contributed by atoms with van der Waals surface area (Å²) in [6.07, 6.45) is 2.21. The highest BCUT2D eigenvalue weighted by Gasteiger charge is 2.36. The van der Waals surface area contributed by atoms with Crippen LogP contribution in [-0.2, 0) is 16.0 Å². The van der Waals surface area contributed by atoms with E-state index < -0.39 is 29.2 Å². The average molecular weight is 434 g/mol. The predicted octanol–water partition coefficient (Wildman–Crippen LogP) is 4.03. The SMILES string of the molecule is CCc1ccc(NC(=O)CN2C(=O)S/C(=C/c3cc4ccccc4oc3=O)C2=O)cc1. The number of hydrogen-bond donors (Lipinski definition) is 1. The van der Waals surface area contributed by atoms with Crippen LogP contribution in [0.2, 0.25) is 0 Å². The number of fused-ring (bicyclic) bond motifs is 1. The van der Waals surface area contributed by atoms with E-state index in [-0.39, 0.29) is 10.5 Å². The first-order valence-corrected chi connectivity index (χ1v) is 10.4. The van der Waals surface area contributed by atoms with Crippen molar-refractivity contribution in [1.82, 2.24) is 4.90 Å². The molecule has 3 amide bonds. The van der Waals surface area contributed by atoms with Crippen LogP contribution in [0.4, 0.5) is 10.5 Å². The van der Waals surface area contributed by atoms with Crippen LogP contribution in [-0.4, -0.2) is 28.5 Å². The summed E-state index contributed by atoms with van der Waals surface area (Å²) in [5.41, 5.74) is 1.69. The van der Waals surface area contributed by atoms with E-state index in [1.165, 1.54) is 6.08 Å². The van der Waals surface area contributed by atoms with Gasteiger partial charge in [0.25, 0.3) is 11.1 Å². The Balaban J connectivity index is 1.50. The van der Waals surface area contributed by atoms with Crippen LogP contribution >= 0.6 is 11.8 Å². The molecular formula is C23H18N2O5S. The molecule has 1 saturated heterocycles. The van der Waals surface area contributed by atoms with Crippen molar-refractivity contribution in [2.24, 2.45) is 0 Å². The molecule has 1 fully saturated rings. The molecule has 4 rings (SSSR count). The van der Waals surface area contributed by atoms with Crippen LogP contribution in [0.5, 0.6) is 0 Å². The fourth-order valence-corrected chi connectivity index (χ4v) is 3.95. The number of para-hydroxylation sites is 1. The van der Waals surface area contributed by atoms with Crippen molar-refractivity contribution < 1.29 is 18.8 Å². The maximum absolute atomic E-state index is 12.7. The number of carbonyl (C=O) groups excluding carboxylic acids is 3. The third-order valence-corrected chi connectivity index (χ3v) is 5.68. The summed E-state index contributed by atoms with van der Waals surface area (Å²) in [6.45, 7) is 1.62. The van der Waals surface area contributed by atoms with Crippen molar-refractivity contribution in [3.05, 3.63) is 81.0 Å². The number of rotatable bonds is 5. The molecule has 1 aliphatic rings. The quantitative estimate of drug-likeness (QED) is 0.481. The lowest BCUT2D eigenvalue weighted by molar-refractivity contribution is -0.127. The minimum absolute atomic E-state index is 0.0627. The van der Waals surface area contributed by atoms with Crippen molar-refractivity contribution >= 4 is 51.5 Å². The molecule has 0 spiro atoms. The maximum Gasteiger partial charge on any atom is 0.343 e. The van der Waals surface area contributed by atoms with Gasteiger partial charge in [0.05, 0.1) is 10.5 Å². The number of hydrogen-bond acceptors (Lipinski definition) is 6. The van der Waals surface area contributed by atoms with Crippen molar-refractivity contribution in [1.29, 1.82) is 0 Å². The molecule has 2 heterocycles. The molecule has 0 atom stereocenters. The number of imide groups is 1. The molecule has 0 aliphatic carbocycles. The Hall–Kier alpha value is -3.65. The molecule has 1 aromatic heterocycles. The van der Waals surface area contributed by atoms with E-state index in [2.05, 4.69) is 5.32 Å². The van der Waals surface area contributed by atoms with Crippen LogP contribution in [0.25, 0.3) is 17.0 Å². The van der Waals surface area contributed by atoms with Crippen LogP contribution < -0.4 is 10.9 Å². The smallest absolute Gasteiger partial charge is 0.343 e. The Bertz CT molecular complexity index is 1280. The van der Waals surface area contributed by atoms with Gasteiger partial charge in [-0.05, 0) is 54.1 Å². The zero-order valence-corrected chi connectivity index (χ0v) is 17.4. The van der Waals surface area contributed by atoms with Crippen LogP contribution in [0.1, 0.15) is 18.1 Å². The maximum atomic E-state index is 12.7. The number of anilines is 1. The monoisotopic (exact) mass is 434 g/mol. The van der Waals surface area contributed by atoms with Gasteiger partial charge in [0.1, 0.15) is 12.1 Å². The minimum atomic E-state index is -0.626. The Labute approximate surface area is 181 Å². The molecule has 8 heteroatoms. The van der Waals surface area contributed by atoms with E-state index in [1.807, 2.05) is 19.1 Å². The highest BCUT2D eigenvalue weighted by atomic mass is 32.2. The molecule has 0 unspecified atom stereocenters. The highest BCUT2D eigenvalue weighted by Crippen LogP contribution is 2.32. The standard InChI is InChI=1S/C23H18N2O5S/c1-2-14-7-9-17(10-8-14)24-20(26)13-25-21(27)19(31-23(25)29)12-16-11-15-5-3-4-6-18(15)30-22(16)28/h3-12H,2,13H2,1H3,(H,24,26)/b19-12+. The second-order valence-electron chi connectivity index (χ2n) is 6.89. The first-order valence-electron chi connectivity index (χ1n) is 9.61. The van der Waals surface area contributed by atoms with Gasteiger partial charge < -0.3 is 9.73 Å². The van der Waals surface area contributed by atoms with Crippen molar-refractivity contribution in [3.63, 3.8) is 0 Å². The minimum Gasteiger partial charge on any atom is -0.422 e. The fourth-order valence-electron chi connectivity index (χ4n) is 3.12. The highest BCUT2D eigenvalue weighted by molar-refractivity contribution is 8.18. The lowest BCUT2D eigenvalue weighted by Gasteiger charge is -2.12. The van der Waals surface area contributed by atoms with Crippen LogP contribution in [0, 0.1) is 0 Å². The first kappa shape index (κ1) is 20.6. The van der Waals surface area contributed by atoms with E-state index >= 15 is 0 Å². The third kappa shape index (κ3) is 4.44. The first-order chi connectivity index (χ1) is 14.9. The summed E-state index contributed by atoms with van der Waals surface area (Å²) in [7, 11) is 0. The topological polar surface area (TPSA) is 96.7 Å². The zero-order valence-electron chi connectivity index (χ0n) is 16.6. The number of aryl methyl sites for hydroxylation is 1. The van der Waals surface area contributed by atoms with Gasteiger partial charge in [-0.3, -0.25) is 19.3 Å². The molecular weight excluding hydrogens is 416 g/mol. The molecule has 1 aliphatic heterocycles. The number of carbonyl (C=O) groups is 3. The van der Waals surface area contributed by atoms with E-state index in [9.17, 15) is 19.2 Å². The molecule has 0 bridgehead atoms. The van der Waals surface area contributed by atoms with Gasteiger partial charge >= 0.3 is 5.63 Å². The molecule has 0 saturated carbocycles. The molecule has 7 nitrogen and oxygen atoms in total. The molecule has 156 valence electrons. The van der Waals surface area contributed by atoms with Gasteiger partial charge in [0.15, 0.2) is 0 Å². The van der Waals surface area contributed by atoms with Gasteiger partial charge in [0.2, 0.25) is 5.91 Å². The third-order valence-electron chi connectivity index (χ3n) is 4.78. The van der Waals surface area contributed by atoms with Gasteiger partial charge in [-0.1, -0.05) is 37.3 Å². The molecule has 1 N–H and O–H groups in total. The Morgan fingerprint density at radius 1 is 1.10 bits per heavy atom. The summed E-state index contributed by atoms with van der Waals surface area (Å²) in [5.74, 6) is -1.11. The van der Waals surface area contributed by atoms with Gasteiger partial charge in [-0.2, -0.15) is 0 Å². The summed E-state index contributed by atoms with van der Waals surface area (Å²) < 4.78 is 5.26. The van der Waals surface area contributed by atoms with E-state index in [0.29, 0.717) is 28.4 Å². The second kappa shape index (κ2) is 8.61. The van der Waals surface area contributed by atoms with Crippen molar-refractivity contribution in [2.75, 3.05) is 11.9 Å². The number of amides is 3. The summed E-state index contributed by atoms with van der Waals surface area (Å²) in [5, 5.41) is 2.80. The van der Waals surface area contributed by atoms with E-state index in [0.717, 1.165) is 16.9 Å². The number of thioether (sulfide) groups is 1. The van der Waals surface area contributed by atoms with E-state index in [1.54, 1.807) is 42.5 Å². The number of nitrogens with zero attached hydrogens (tertiary/aromatic N) is 1. The second-order valence-corrected chi connectivity index (χ2v) is 7.89. The number of benzene rings is 2. The Morgan fingerprint density at radius 3 is 2.58 bits per heavy atom. The zero-order chi connectivity index (χ0) is 22.0. The molecule has 0 radical (unpaired) electrons. The number of nitrogens with one attached hydrogen (secondary N) is 1. The van der Waals surface area contributed by atoms with E-state index in [4.69, 9.17) is 4.42 Å². The average Bonchev–Trinajstić information content (AvgIpc) is 3.02. The lowest BCUT2D eigenvalue weighted by atomic mass is 10.1.